The monoisotopic (exact) mass is 309 g/mol. The summed E-state index contributed by atoms with van der Waals surface area (Å²) in [7, 11) is 0. The Balaban J connectivity index is 2.26. The van der Waals surface area contributed by atoms with E-state index in [-0.39, 0.29) is 12.0 Å². The van der Waals surface area contributed by atoms with E-state index in [1.807, 2.05) is 48.9 Å². The van der Waals surface area contributed by atoms with E-state index >= 15 is 0 Å². The number of carbonyl (C=O) groups is 1. The molecule has 5 nitrogen and oxygen atoms in total. The standard InChI is InChI=1S/C18H19N3O2/c1-4-23-18(22)14-10-16(13-8-6-5-7-9-13)20-17-15(14)11-19-21(17)12(2)3/h5-12H,4H2,1-3H3. The SMILES string of the molecule is CCOC(=O)c1cc(-c2ccccc2)nc2c1cnn2C(C)C. The molecule has 0 aliphatic rings. The van der Waals surface area contributed by atoms with Crippen molar-refractivity contribution in [2.75, 3.05) is 6.61 Å². The summed E-state index contributed by atoms with van der Waals surface area (Å²) in [6.07, 6.45) is 1.68. The van der Waals surface area contributed by atoms with E-state index in [0.717, 1.165) is 16.6 Å². The lowest BCUT2D eigenvalue weighted by atomic mass is 10.1. The molecule has 23 heavy (non-hydrogen) atoms. The van der Waals surface area contributed by atoms with Crippen molar-refractivity contribution in [3.63, 3.8) is 0 Å². The van der Waals surface area contributed by atoms with Crippen LogP contribution in [0.2, 0.25) is 0 Å². The number of carbonyl (C=O) groups excluding carboxylic acids is 1. The van der Waals surface area contributed by atoms with Gasteiger partial charge in [0, 0.05) is 11.6 Å². The molecule has 0 saturated heterocycles. The van der Waals surface area contributed by atoms with Crippen LogP contribution in [-0.4, -0.2) is 27.3 Å². The molecule has 0 saturated carbocycles. The largest absolute Gasteiger partial charge is 0.462 e. The smallest absolute Gasteiger partial charge is 0.339 e. The molecule has 118 valence electrons. The van der Waals surface area contributed by atoms with Gasteiger partial charge in [-0.2, -0.15) is 5.10 Å². The maximum Gasteiger partial charge on any atom is 0.339 e. The fourth-order valence-electron chi connectivity index (χ4n) is 2.53. The third-order valence-corrected chi connectivity index (χ3v) is 3.62. The van der Waals surface area contributed by atoms with Crippen LogP contribution in [-0.2, 0) is 4.74 Å². The van der Waals surface area contributed by atoms with E-state index in [4.69, 9.17) is 9.72 Å². The van der Waals surface area contributed by atoms with Gasteiger partial charge in [-0.05, 0) is 26.8 Å². The molecule has 0 fully saturated rings. The fraction of sp³-hybridized carbons (Fsp3) is 0.278. The predicted octanol–water partition coefficient (Wildman–Crippen LogP) is 3.86. The Labute approximate surface area is 134 Å². The number of nitrogens with zero attached hydrogens (tertiary/aromatic N) is 3. The third kappa shape index (κ3) is 2.82. The number of ether oxygens (including phenoxy) is 1. The number of aromatic nitrogens is 3. The molecule has 1 aromatic carbocycles. The second-order valence-corrected chi connectivity index (χ2v) is 5.56. The molecule has 0 aliphatic heterocycles. The van der Waals surface area contributed by atoms with Gasteiger partial charge in [-0.3, -0.25) is 0 Å². The van der Waals surface area contributed by atoms with Crippen LogP contribution in [0.25, 0.3) is 22.3 Å². The van der Waals surface area contributed by atoms with Gasteiger partial charge in [0.1, 0.15) is 0 Å². The molecule has 0 atom stereocenters. The number of benzene rings is 1. The zero-order valence-electron chi connectivity index (χ0n) is 13.5. The zero-order chi connectivity index (χ0) is 16.4. The fourth-order valence-corrected chi connectivity index (χ4v) is 2.53. The number of hydrogen-bond donors (Lipinski definition) is 0. The van der Waals surface area contributed by atoms with Crippen LogP contribution in [0.4, 0.5) is 0 Å². The van der Waals surface area contributed by atoms with Crippen LogP contribution in [0.1, 0.15) is 37.2 Å². The first kappa shape index (κ1) is 15.2. The Bertz CT molecular complexity index is 838. The third-order valence-electron chi connectivity index (χ3n) is 3.62. The van der Waals surface area contributed by atoms with Crippen LogP contribution in [0, 0.1) is 0 Å². The van der Waals surface area contributed by atoms with Crippen LogP contribution < -0.4 is 0 Å². The van der Waals surface area contributed by atoms with Crippen molar-refractivity contribution in [3.05, 3.63) is 48.2 Å². The maximum absolute atomic E-state index is 12.3. The maximum atomic E-state index is 12.3. The molecular formula is C18H19N3O2. The van der Waals surface area contributed by atoms with Crippen molar-refractivity contribution < 1.29 is 9.53 Å². The van der Waals surface area contributed by atoms with E-state index in [9.17, 15) is 4.79 Å². The Morgan fingerprint density at radius 3 is 2.65 bits per heavy atom. The molecule has 0 unspecified atom stereocenters. The highest BCUT2D eigenvalue weighted by atomic mass is 16.5. The lowest BCUT2D eigenvalue weighted by Gasteiger charge is -2.10. The average Bonchev–Trinajstić information content (AvgIpc) is 2.99. The molecule has 0 amide bonds. The van der Waals surface area contributed by atoms with E-state index in [2.05, 4.69) is 5.10 Å². The molecule has 2 heterocycles. The van der Waals surface area contributed by atoms with E-state index in [1.165, 1.54) is 0 Å². The van der Waals surface area contributed by atoms with Gasteiger partial charge in [0.2, 0.25) is 0 Å². The van der Waals surface area contributed by atoms with Gasteiger partial charge in [-0.1, -0.05) is 30.3 Å². The molecular weight excluding hydrogens is 290 g/mol. The molecule has 0 aliphatic carbocycles. The second-order valence-electron chi connectivity index (χ2n) is 5.56. The predicted molar refractivity (Wildman–Crippen MR) is 89.3 cm³/mol. The molecule has 5 heteroatoms. The van der Waals surface area contributed by atoms with Crippen LogP contribution >= 0.6 is 0 Å². The minimum atomic E-state index is -0.347. The normalized spacial score (nSPS) is 11.1. The van der Waals surface area contributed by atoms with Crippen LogP contribution in [0.5, 0.6) is 0 Å². The van der Waals surface area contributed by atoms with Gasteiger partial charge in [-0.25, -0.2) is 14.5 Å². The highest BCUT2D eigenvalue weighted by Gasteiger charge is 2.19. The van der Waals surface area contributed by atoms with Gasteiger partial charge in [0.25, 0.3) is 0 Å². The first-order valence-corrected chi connectivity index (χ1v) is 7.72. The van der Waals surface area contributed by atoms with Crippen molar-refractivity contribution in [1.29, 1.82) is 0 Å². The van der Waals surface area contributed by atoms with Crippen LogP contribution in [0.15, 0.2) is 42.6 Å². The first-order chi connectivity index (χ1) is 11.1. The molecule has 0 spiro atoms. The highest BCUT2D eigenvalue weighted by molar-refractivity contribution is 6.03. The molecule has 0 radical (unpaired) electrons. The second kappa shape index (κ2) is 6.20. The van der Waals surface area contributed by atoms with Gasteiger partial charge in [0.05, 0.1) is 29.4 Å². The van der Waals surface area contributed by atoms with Gasteiger partial charge < -0.3 is 4.74 Å². The number of fused-ring (bicyclic) bond motifs is 1. The topological polar surface area (TPSA) is 57.0 Å². The molecule has 3 aromatic rings. The van der Waals surface area contributed by atoms with Crippen molar-refractivity contribution in [2.45, 2.75) is 26.8 Å². The molecule has 0 bridgehead atoms. The number of esters is 1. The van der Waals surface area contributed by atoms with Crippen molar-refractivity contribution in [3.8, 4) is 11.3 Å². The van der Waals surface area contributed by atoms with Crippen LogP contribution in [0.3, 0.4) is 0 Å². The zero-order valence-corrected chi connectivity index (χ0v) is 13.5. The Hall–Kier alpha value is -2.69. The summed E-state index contributed by atoms with van der Waals surface area (Å²) in [5, 5.41) is 5.10. The minimum Gasteiger partial charge on any atom is -0.462 e. The summed E-state index contributed by atoms with van der Waals surface area (Å²) >= 11 is 0. The van der Waals surface area contributed by atoms with E-state index in [0.29, 0.717) is 17.8 Å². The van der Waals surface area contributed by atoms with E-state index < -0.39 is 0 Å². The lowest BCUT2D eigenvalue weighted by molar-refractivity contribution is 0.0528. The van der Waals surface area contributed by atoms with Gasteiger partial charge >= 0.3 is 5.97 Å². The summed E-state index contributed by atoms with van der Waals surface area (Å²) in [5.74, 6) is -0.347. The summed E-state index contributed by atoms with van der Waals surface area (Å²) in [6.45, 7) is 6.20. The molecule has 3 rings (SSSR count). The Morgan fingerprint density at radius 1 is 1.26 bits per heavy atom. The molecule has 2 aromatic heterocycles. The summed E-state index contributed by atoms with van der Waals surface area (Å²) < 4.78 is 7.02. The molecule has 0 N–H and O–H groups in total. The van der Waals surface area contributed by atoms with Crippen molar-refractivity contribution >= 4 is 17.0 Å². The van der Waals surface area contributed by atoms with Crippen molar-refractivity contribution in [1.82, 2.24) is 14.8 Å². The summed E-state index contributed by atoms with van der Waals surface area (Å²) in [4.78, 5) is 17.1. The first-order valence-electron chi connectivity index (χ1n) is 7.72. The number of pyridine rings is 1. The average molecular weight is 309 g/mol. The lowest BCUT2D eigenvalue weighted by Crippen LogP contribution is -2.08. The van der Waals surface area contributed by atoms with E-state index in [1.54, 1.807) is 19.2 Å². The number of hydrogen-bond acceptors (Lipinski definition) is 4. The van der Waals surface area contributed by atoms with Gasteiger partial charge in [-0.15, -0.1) is 0 Å². The quantitative estimate of drug-likeness (QED) is 0.687. The minimum absolute atomic E-state index is 0.154. The Kier molecular flexibility index (Phi) is 4.10. The summed E-state index contributed by atoms with van der Waals surface area (Å²) in [6, 6.07) is 11.7. The number of rotatable bonds is 4. The summed E-state index contributed by atoms with van der Waals surface area (Å²) in [5.41, 5.74) is 2.90. The van der Waals surface area contributed by atoms with Crippen molar-refractivity contribution in [2.24, 2.45) is 0 Å². The highest BCUT2D eigenvalue weighted by Crippen LogP contribution is 2.26. The van der Waals surface area contributed by atoms with Gasteiger partial charge in [0.15, 0.2) is 5.65 Å². The Morgan fingerprint density at radius 2 is 2.00 bits per heavy atom.